The van der Waals surface area contributed by atoms with E-state index >= 15 is 0 Å². The molecule has 1 aliphatic heterocycles. The van der Waals surface area contributed by atoms with Crippen molar-refractivity contribution in [3.05, 3.63) is 47.9 Å². The molecule has 1 fully saturated rings. The summed E-state index contributed by atoms with van der Waals surface area (Å²) in [5.74, 6) is 1.41. The molecule has 1 aromatic heterocycles. The lowest BCUT2D eigenvalue weighted by atomic mass is 9.99. The molecule has 0 bridgehead atoms. The van der Waals surface area contributed by atoms with Gasteiger partial charge in [-0.2, -0.15) is 0 Å². The maximum atomic E-state index is 12.4. The Labute approximate surface area is 143 Å². The zero-order valence-electron chi connectivity index (χ0n) is 14.3. The number of amides is 1. The van der Waals surface area contributed by atoms with Crippen LogP contribution in [0.5, 0.6) is 0 Å². The molecule has 5 heteroatoms. The largest absolute Gasteiger partial charge is 0.355 e. The molecular weight excluding hydrogens is 300 g/mol. The van der Waals surface area contributed by atoms with Crippen molar-refractivity contribution in [2.24, 2.45) is 5.92 Å². The Balaban J connectivity index is 1.68. The summed E-state index contributed by atoms with van der Waals surface area (Å²) in [7, 11) is 0. The van der Waals surface area contributed by atoms with E-state index in [4.69, 9.17) is 0 Å². The molecule has 24 heavy (non-hydrogen) atoms. The Hall–Kier alpha value is -2.43. The van der Waals surface area contributed by atoms with Crippen LogP contribution in [0.15, 0.2) is 36.7 Å². The summed E-state index contributed by atoms with van der Waals surface area (Å²) >= 11 is 0. The van der Waals surface area contributed by atoms with Crippen LogP contribution in [-0.4, -0.2) is 29.0 Å². The average molecular weight is 324 g/mol. The van der Waals surface area contributed by atoms with Gasteiger partial charge in [0.05, 0.1) is 12.4 Å². The van der Waals surface area contributed by atoms with E-state index in [1.54, 1.807) is 12.4 Å². The van der Waals surface area contributed by atoms with Crippen molar-refractivity contribution in [1.29, 1.82) is 0 Å². The van der Waals surface area contributed by atoms with E-state index in [1.165, 1.54) is 12.8 Å². The maximum absolute atomic E-state index is 12.4. The van der Waals surface area contributed by atoms with E-state index < -0.39 is 0 Å². The first-order chi connectivity index (χ1) is 11.7. The summed E-state index contributed by atoms with van der Waals surface area (Å²) < 4.78 is 0. The van der Waals surface area contributed by atoms with Crippen LogP contribution in [0.25, 0.3) is 0 Å². The van der Waals surface area contributed by atoms with Gasteiger partial charge in [0.25, 0.3) is 5.91 Å². The lowest BCUT2D eigenvalue weighted by molar-refractivity contribution is 0.102. The highest BCUT2D eigenvalue weighted by molar-refractivity contribution is 6.03. The smallest absolute Gasteiger partial charge is 0.275 e. The summed E-state index contributed by atoms with van der Waals surface area (Å²) in [6, 6.07) is 7.82. The van der Waals surface area contributed by atoms with Gasteiger partial charge in [-0.05, 0) is 36.8 Å². The van der Waals surface area contributed by atoms with Crippen molar-refractivity contribution in [1.82, 2.24) is 9.97 Å². The van der Waals surface area contributed by atoms with E-state index in [0.29, 0.717) is 5.69 Å². The molecule has 1 aromatic carbocycles. The molecule has 0 unspecified atom stereocenters. The second-order valence-electron chi connectivity index (χ2n) is 6.39. The number of piperidine rings is 1. The van der Waals surface area contributed by atoms with E-state index in [9.17, 15) is 4.79 Å². The molecule has 3 rings (SSSR count). The van der Waals surface area contributed by atoms with Crippen LogP contribution in [0.2, 0.25) is 0 Å². The molecule has 5 nitrogen and oxygen atoms in total. The number of para-hydroxylation sites is 1. The number of carbonyl (C=O) groups is 1. The second kappa shape index (κ2) is 7.43. The minimum atomic E-state index is -0.220. The van der Waals surface area contributed by atoms with Gasteiger partial charge in [-0.15, -0.1) is 0 Å². The first-order valence-corrected chi connectivity index (χ1v) is 8.63. The molecule has 1 saturated heterocycles. The van der Waals surface area contributed by atoms with Gasteiger partial charge in [-0.3, -0.25) is 4.79 Å². The average Bonchev–Trinajstić information content (AvgIpc) is 2.63. The highest BCUT2D eigenvalue weighted by Gasteiger charge is 2.18. The molecule has 0 aliphatic carbocycles. The van der Waals surface area contributed by atoms with Gasteiger partial charge in [0, 0.05) is 18.8 Å². The van der Waals surface area contributed by atoms with Crippen molar-refractivity contribution in [3.63, 3.8) is 0 Å². The molecule has 2 heterocycles. The SMILES string of the molecule is CCc1ccccc1NC(=O)c1cnc(N2CCC(C)CC2)cn1. The van der Waals surface area contributed by atoms with E-state index in [1.807, 2.05) is 24.3 Å². The topological polar surface area (TPSA) is 58.1 Å². The summed E-state index contributed by atoms with van der Waals surface area (Å²) in [6.45, 7) is 6.36. The predicted octanol–water partition coefficient (Wildman–Crippen LogP) is 3.53. The zero-order chi connectivity index (χ0) is 16.9. The minimum Gasteiger partial charge on any atom is -0.355 e. The van der Waals surface area contributed by atoms with E-state index in [0.717, 1.165) is 42.5 Å². The normalized spacial score (nSPS) is 15.3. The van der Waals surface area contributed by atoms with Gasteiger partial charge in [-0.25, -0.2) is 9.97 Å². The van der Waals surface area contributed by atoms with Crippen LogP contribution in [0.1, 0.15) is 42.7 Å². The van der Waals surface area contributed by atoms with Gasteiger partial charge in [-0.1, -0.05) is 32.0 Å². The number of aromatic nitrogens is 2. The number of hydrogen-bond acceptors (Lipinski definition) is 4. The third kappa shape index (κ3) is 3.72. The Morgan fingerprint density at radius 3 is 2.62 bits per heavy atom. The van der Waals surface area contributed by atoms with Gasteiger partial charge in [0.15, 0.2) is 0 Å². The van der Waals surface area contributed by atoms with Crippen LogP contribution in [0.3, 0.4) is 0 Å². The molecular formula is C19H24N4O. The van der Waals surface area contributed by atoms with E-state index in [2.05, 4.69) is 34.0 Å². The fraction of sp³-hybridized carbons (Fsp3) is 0.421. The van der Waals surface area contributed by atoms with Crippen molar-refractivity contribution >= 4 is 17.4 Å². The molecule has 1 N–H and O–H groups in total. The number of benzene rings is 1. The van der Waals surface area contributed by atoms with Crippen molar-refractivity contribution < 1.29 is 4.79 Å². The lowest BCUT2D eigenvalue weighted by Gasteiger charge is -2.30. The minimum absolute atomic E-state index is 0.220. The van der Waals surface area contributed by atoms with Crippen molar-refractivity contribution in [3.8, 4) is 0 Å². The number of carbonyl (C=O) groups excluding carboxylic acids is 1. The fourth-order valence-electron chi connectivity index (χ4n) is 2.98. The first kappa shape index (κ1) is 16.4. The number of rotatable bonds is 4. The monoisotopic (exact) mass is 324 g/mol. The molecule has 0 radical (unpaired) electrons. The molecule has 1 amide bonds. The summed E-state index contributed by atoms with van der Waals surface area (Å²) in [5.41, 5.74) is 2.29. The van der Waals surface area contributed by atoms with Crippen LogP contribution in [0, 0.1) is 5.92 Å². The molecule has 126 valence electrons. The van der Waals surface area contributed by atoms with Gasteiger partial charge in [0.1, 0.15) is 11.5 Å². The highest BCUT2D eigenvalue weighted by Crippen LogP contribution is 2.21. The maximum Gasteiger partial charge on any atom is 0.275 e. The van der Waals surface area contributed by atoms with Gasteiger partial charge in [0.2, 0.25) is 0 Å². The fourth-order valence-corrected chi connectivity index (χ4v) is 2.98. The van der Waals surface area contributed by atoms with Crippen LogP contribution in [-0.2, 0) is 6.42 Å². The third-order valence-corrected chi connectivity index (χ3v) is 4.62. The Morgan fingerprint density at radius 1 is 1.21 bits per heavy atom. The number of anilines is 2. The van der Waals surface area contributed by atoms with E-state index in [-0.39, 0.29) is 5.91 Å². The number of nitrogens with one attached hydrogen (secondary N) is 1. The molecule has 0 spiro atoms. The quantitative estimate of drug-likeness (QED) is 0.935. The van der Waals surface area contributed by atoms with Gasteiger partial charge >= 0.3 is 0 Å². The standard InChI is InChI=1S/C19H24N4O/c1-3-15-6-4-5-7-16(15)22-19(24)17-12-21-18(13-20-17)23-10-8-14(2)9-11-23/h4-7,12-14H,3,8-11H2,1-2H3,(H,22,24). The Bertz CT molecular complexity index is 691. The number of hydrogen-bond donors (Lipinski definition) is 1. The Morgan fingerprint density at radius 2 is 1.96 bits per heavy atom. The summed E-state index contributed by atoms with van der Waals surface area (Å²) in [5, 5.41) is 2.93. The van der Waals surface area contributed by atoms with Crippen LogP contribution in [0.4, 0.5) is 11.5 Å². The second-order valence-corrected chi connectivity index (χ2v) is 6.39. The van der Waals surface area contributed by atoms with Crippen LogP contribution >= 0.6 is 0 Å². The highest BCUT2D eigenvalue weighted by atomic mass is 16.1. The van der Waals surface area contributed by atoms with Crippen molar-refractivity contribution in [2.75, 3.05) is 23.3 Å². The Kier molecular flexibility index (Phi) is 5.08. The first-order valence-electron chi connectivity index (χ1n) is 8.63. The number of nitrogens with zero attached hydrogens (tertiary/aromatic N) is 3. The molecule has 0 atom stereocenters. The molecule has 0 saturated carbocycles. The van der Waals surface area contributed by atoms with Gasteiger partial charge < -0.3 is 10.2 Å². The zero-order valence-corrected chi connectivity index (χ0v) is 14.3. The summed E-state index contributed by atoms with van der Waals surface area (Å²) in [4.78, 5) is 23.4. The predicted molar refractivity (Wildman–Crippen MR) is 96.4 cm³/mol. The molecule has 1 aliphatic rings. The van der Waals surface area contributed by atoms with Crippen LogP contribution < -0.4 is 10.2 Å². The summed E-state index contributed by atoms with van der Waals surface area (Å²) in [6.07, 6.45) is 6.50. The molecule has 2 aromatic rings. The number of aryl methyl sites for hydroxylation is 1. The lowest BCUT2D eigenvalue weighted by Crippen LogP contribution is -2.33. The third-order valence-electron chi connectivity index (χ3n) is 4.62. The van der Waals surface area contributed by atoms with Crippen molar-refractivity contribution in [2.45, 2.75) is 33.1 Å².